The first-order valence-electron chi connectivity index (χ1n) is 9.06. The van der Waals surface area contributed by atoms with Gasteiger partial charge in [-0.05, 0) is 49.5 Å². The molecule has 0 saturated carbocycles. The highest BCUT2D eigenvalue weighted by molar-refractivity contribution is 5.93. The molecular formula is C20H23F3N4O. The molecule has 2 aromatic rings. The normalized spacial score (nSPS) is 15.4. The Morgan fingerprint density at radius 1 is 1.00 bits per heavy atom. The maximum atomic E-state index is 12.7. The van der Waals surface area contributed by atoms with Gasteiger partial charge in [-0.25, -0.2) is 0 Å². The third-order valence-electron chi connectivity index (χ3n) is 4.66. The van der Waals surface area contributed by atoms with E-state index in [9.17, 15) is 18.0 Å². The summed E-state index contributed by atoms with van der Waals surface area (Å²) in [5.41, 5.74) is 1.23. The molecule has 150 valence electrons. The van der Waals surface area contributed by atoms with E-state index < -0.39 is 17.6 Å². The number of carbonyl (C=O) groups is 1. The van der Waals surface area contributed by atoms with Crippen molar-refractivity contribution in [2.24, 2.45) is 0 Å². The van der Waals surface area contributed by atoms with Crippen molar-refractivity contribution in [1.29, 1.82) is 0 Å². The predicted octanol–water partition coefficient (Wildman–Crippen LogP) is 3.51. The number of hydrogen-bond donors (Lipinski definition) is 2. The lowest BCUT2D eigenvalue weighted by atomic mass is 10.2. The van der Waals surface area contributed by atoms with Crippen molar-refractivity contribution in [3.63, 3.8) is 0 Å². The molecule has 5 nitrogen and oxygen atoms in total. The highest BCUT2D eigenvalue weighted by atomic mass is 19.4. The Labute approximate surface area is 162 Å². The maximum Gasteiger partial charge on any atom is 0.416 e. The molecule has 0 atom stereocenters. The van der Waals surface area contributed by atoms with Crippen LogP contribution in [0.15, 0.2) is 48.5 Å². The fourth-order valence-corrected chi connectivity index (χ4v) is 3.02. The molecule has 3 rings (SSSR count). The average Bonchev–Trinajstić information content (AvgIpc) is 2.67. The van der Waals surface area contributed by atoms with Crippen LogP contribution in [0.1, 0.15) is 5.56 Å². The van der Waals surface area contributed by atoms with E-state index in [1.807, 2.05) is 24.3 Å². The van der Waals surface area contributed by atoms with E-state index in [2.05, 4.69) is 27.5 Å². The fraction of sp³-hybridized carbons (Fsp3) is 0.350. The molecule has 0 aliphatic carbocycles. The minimum atomic E-state index is -4.44. The summed E-state index contributed by atoms with van der Waals surface area (Å²) in [5.74, 6) is -0.414. The number of halogens is 3. The predicted molar refractivity (Wildman–Crippen MR) is 105 cm³/mol. The van der Waals surface area contributed by atoms with Gasteiger partial charge in [-0.3, -0.25) is 4.79 Å². The minimum absolute atomic E-state index is 0.0376. The number of nitrogens with one attached hydrogen (secondary N) is 2. The molecule has 1 fully saturated rings. The number of carbonyl (C=O) groups excluding carboxylic acids is 1. The fourth-order valence-electron chi connectivity index (χ4n) is 3.02. The molecule has 1 saturated heterocycles. The van der Waals surface area contributed by atoms with Gasteiger partial charge >= 0.3 is 6.18 Å². The zero-order valence-electron chi connectivity index (χ0n) is 15.6. The second kappa shape index (κ2) is 8.52. The van der Waals surface area contributed by atoms with Gasteiger partial charge in [-0.2, -0.15) is 13.2 Å². The SMILES string of the molecule is CN1CCN(c2ccc(NCC(=O)Nc3cccc(C(F)(F)F)c3)cc2)CC1. The number of rotatable bonds is 5. The molecule has 0 aromatic heterocycles. The third kappa shape index (κ3) is 5.39. The summed E-state index contributed by atoms with van der Waals surface area (Å²) in [5, 5.41) is 5.46. The van der Waals surface area contributed by atoms with Gasteiger partial charge in [-0.15, -0.1) is 0 Å². The van der Waals surface area contributed by atoms with Crippen LogP contribution in [0.4, 0.5) is 30.2 Å². The maximum absolute atomic E-state index is 12.7. The number of benzene rings is 2. The van der Waals surface area contributed by atoms with Gasteiger partial charge in [0.15, 0.2) is 0 Å². The Hall–Kier alpha value is -2.74. The minimum Gasteiger partial charge on any atom is -0.376 e. The smallest absolute Gasteiger partial charge is 0.376 e. The van der Waals surface area contributed by atoms with Crippen LogP contribution in [0.25, 0.3) is 0 Å². The van der Waals surface area contributed by atoms with Gasteiger partial charge in [0.2, 0.25) is 5.91 Å². The third-order valence-corrected chi connectivity index (χ3v) is 4.66. The summed E-state index contributed by atoms with van der Waals surface area (Å²) in [6, 6.07) is 12.4. The van der Waals surface area contributed by atoms with E-state index in [0.29, 0.717) is 0 Å². The number of likely N-dealkylation sites (N-methyl/N-ethyl adjacent to an activating group) is 1. The zero-order chi connectivity index (χ0) is 20.1. The highest BCUT2D eigenvalue weighted by Gasteiger charge is 2.30. The van der Waals surface area contributed by atoms with Gasteiger partial charge in [0.05, 0.1) is 12.1 Å². The van der Waals surface area contributed by atoms with Crippen molar-refractivity contribution in [2.45, 2.75) is 6.18 Å². The van der Waals surface area contributed by atoms with Crippen LogP contribution in [0.5, 0.6) is 0 Å². The van der Waals surface area contributed by atoms with Crippen LogP contribution in [0.3, 0.4) is 0 Å². The van der Waals surface area contributed by atoms with E-state index in [1.165, 1.54) is 12.1 Å². The molecule has 28 heavy (non-hydrogen) atoms. The summed E-state index contributed by atoms with van der Waals surface area (Å²) < 4.78 is 38.2. The van der Waals surface area contributed by atoms with Crippen molar-refractivity contribution < 1.29 is 18.0 Å². The second-order valence-electron chi connectivity index (χ2n) is 6.82. The van der Waals surface area contributed by atoms with Crippen LogP contribution in [0.2, 0.25) is 0 Å². The lowest BCUT2D eigenvalue weighted by molar-refractivity contribution is -0.137. The van der Waals surface area contributed by atoms with Gasteiger partial charge < -0.3 is 20.4 Å². The quantitative estimate of drug-likeness (QED) is 0.818. The van der Waals surface area contributed by atoms with Gasteiger partial charge in [0.25, 0.3) is 0 Å². The zero-order valence-corrected chi connectivity index (χ0v) is 15.6. The Balaban J connectivity index is 1.51. The van der Waals surface area contributed by atoms with Crippen molar-refractivity contribution in [3.8, 4) is 0 Å². The van der Waals surface area contributed by atoms with Crippen LogP contribution in [-0.2, 0) is 11.0 Å². The summed E-state index contributed by atoms with van der Waals surface area (Å²) in [4.78, 5) is 16.6. The highest BCUT2D eigenvalue weighted by Crippen LogP contribution is 2.30. The molecule has 1 aliphatic heterocycles. The van der Waals surface area contributed by atoms with Crippen molar-refractivity contribution in [1.82, 2.24) is 4.90 Å². The Morgan fingerprint density at radius 3 is 2.32 bits per heavy atom. The topological polar surface area (TPSA) is 47.6 Å². The average molecular weight is 392 g/mol. The lowest BCUT2D eigenvalue weighted by Gasteiger charge is -2.34. The van der Waals surface area contributed by atoms with Gasteiger partial charge in [0.1, 0.15) is 0 Å². The monoisotopic (exact) mass is 392 g/mol. The summed E-state index contributed by atoms with van der Waals surface area (Å²) in [6.45, 7) is 3.96. The van der Waals surface area contributed by atoms with Crippen LogP contribution in [-0.4, -0.2) is 50.6 Å². The molecule has 0 radical (unpaired) electrons. The van der Waals surface area contributed by atoms with Crippen LogP contribution in [0, 0.1) is 0 Å². The molecule has 8 heteroatoms. The first kappa shape index (κ1) is 20.0. The van der Waals surface area contributed by atoms with Crippen LogP contribution < -0.4 is 15.5 Å². The number of piperazine rings is 1. The Morgan fingerprint density at radius 2 is 1.68 bits per heavy atom. The Kier molecular flexibility index (Phi) is 6.08. The van der Waals surface area contributed by atoms with Crippen molar-refractivity contribution >= 4 is 23.0 Å². The first-order valence-corrected chi connectivity index (χ1v) is 9.06. The first-order chi connectivity index (χ1) is 13.3. The van der Waals surface area contributed by atoms with E-state index >= 15 is 0 Å². The number of amides is 1. The molecule has 1 aliphatic rings. The number of alkyl halides is 3. The van der Waals surface area contributed by atoms with Crippen LogP contribution >= 0.6 is 0 Å². The van der Waals surface area contributed by atoms with Crippen molar-refractivity contribution in [2.75, 3.05) is 55.3 Å². The molecule has 1 heterocycles. The largest absolute Gasteiger partial charge is 0.416 e. The van der Waals surface area contributed by atoms with Gasteiger partial charge in [0, 0.05) is 43.2 Å². The molecule has 2 aromatic carbocycles. The summed E-state index contributed by atoms with van der Waals surface area (Å²) in [7, 11) is 2.11. The standard InChI is InChI=1S/C20H23F3N4O/c1-26-9-11-27(12-10-26)18-7-5-16(6-8-18)24-14-19(28)25-17-4-2-3-15(13-17)20(21,22)23/h2-8,13,24H,9-12,14H2,1H3,(H,25,28). The summed E-state index contributed by atoms with van der Waals surface area (Å²) in [6.07, 6.45) is -4.44. The number of nitrogens with zero attached hydrogens (tertiary/aromatic N) is 2. The molecule has 0 spiro atoms. The van der Waals surface area contributed by atoms with E-state index in [1.54, 1.807) is 0 Å². The number of hydrogen-bond acceptors (Lipinski definition) is 4. The van der Waals surface area contributed by atoms with E-state index in [0.717, 1.165) is 49.7 Å². The Bertz CT molecular complexity index is 800. The second-order valence-corrected chi connectivity index (χ2v) is 6.82. The number of anilines is 3. The van der Waals surface area contributed by atoms with E-state index in [-0.39, 0.29) is 12.2 Å². The van der Waals surface area contributed by atoms with Crippen molar-refractivity contribution in [3.05, 3.63) is 54.1 Å². The molecule has 0 unspecified atom stereocenters. The molecule has 0 bridgehead atoms. The van der Waals surface area contributed by atoms with Gasteiger partial charge in [-0.1, -0.05) is 6.07 Å². The molecule has 2 N–H and O–H groups in total. The van der Waals surface area contributed by atoms with E-state index in [4.69, 9.17) is 0 Å². The molecule has 1 amide bonds. The lowest BCUT2D eigenvalue weighted by Crippen LogP contribution is -2.44. The summed E-state index contributed by atoms with van der Waals surface area (Å²) >= 11 is 0. The molecular weight excluding hydrogens is 369 g/mol.